The maximum absolute atomic E-state index is 13.2. The van der Waals surface area contributed by atoms with Crippen LogP contribution in [0.3, 0.4) is 0 Å². The molecule has 3 nitrogen and oxygen atoms in total. The van der Waals surface area contributed by atoms with Crippen LogP contribution in [0.2, 0.25) is 10.2 Å². The van der Waals surface area contributed by atoms with Gasteiger partial charge in [-0.1, -0.05) is 23.2 Å². The summed E-state index contributed by atoms with van der Waals surface area (Å²) in [5.41, 5.74) is 0. The minimum absolute atomic E-state index is 0.138. The zero-order chi connectivity index (χ0) is 16.6. The predicted molar refractivity (Wildman–Crippen MR) is 63.4 cm³/mol. The first kappa shape index (κ1) is 17.8. The second-order valence-electron chi connectivity index (χ2n) is 3.98. The molecular weight excluding hydrogens is 349 g/mol. The van der Waals surface area contributed by atoms with Crippen molar-refractivity contribution in [3.63, 3.8) is 0 Å². The summed E-state index contributed by atoms with van der Waals surface area (Å²) in [5.74, 6) is -20.0. The van der Waals surface area contributed by atoms with Gasteiger partial charge in [0.05, 0.1) is 0 Å². The highest BCUT2D eigenvalue weighted by atomic mass is 35.5. The van der Waals surface area contributed by atoms with E-state index in [4.69, 9.17) is 23.2 Å². The fourth-order valence-electron chi connectivity index (χ4n) is 1.14. The molecule has 0 spiro atoms. The first-order chi connectivity index (χ1) is 9.29. The average Bonchev–Trinajstić information content (AvgIpc) is 2.25. The molecule has 1 aromatic rings. The summed E-state index contributed by atoms with van der Waals surface area (Å²) in [6.07, 6.45) is 0. The van der Waals surface area contributed by atoms with Gasteiger partial charge in [-0.25, -0.2) is 4.98 Å². The molecule has 118 valence electrons. The predicted octanol–water partition coefficient (Wildman–Crippen LogP) is 4.25. The van der Waals surface area contributed by atoms with Crippen LogP contribution in [0.4, 0.5) is 32.2 Å². The SMILES string of the molecule is CC(F)(F)C(F)(F)C(F)(F)C(=O)Nc1cc(Cl)cc(Cl)n1. The van der Waals surface area contributed by atoms with Crippen LogP contribution in [0.1, 0.15) is 6.92 Å². The van der Waals surface area contributed by atoms with Crippen molar-refractivity contribution in [1.82, 2.24) is 4.98 Å². The number of hydrogen-bond donors (Lipinski definition) is 1. The molecule has 21 heavy (non-hydrogen) atoms. The lowest BCUT2D eigenvalue weighted by molar-refractivity contribution is -0.289. The fraction of sp³-hybridized carbons (Fsp3) is 0.400. The largest absolute Gasteiger partial charge is 0.392 e. The highest BCUT2D eigenvalue weighted by Gasteiger charge is 2.73. The van der Waals surface area contributed by atoms with E-state index in [2.05, 4.69) is 4.98 Å². The molecule has 0 aliphatic rings. The number of rotatable bonds is 4. The number of alkyl halides is 6. The number of pyridine rings is 1. The second kappa shape index (κ2) is 5.53. The molecule has 1 rings (SSSR count). The van der Waals surface area contributed by atoms with E-state index in [1.165, 1.54) is 5.32 Å². The topological polar surface area (TPSA) is 42.0 Å². The summed E-state index contributed by atoms with van der Waals surface area (Å²) in [5, 5.41) is 0.797. The van der Waals surface area contributed by atoms with Crippen LogP contribution in [-0.4, -0.2) is 28.7 Å². The fourth-order valence-corrected chi connectivity index (χ4v) is 1.61. The van der Waals surface area contributed by atoms with Crippen LogP contribution in [0, 0.1) is 0 Å². The summed E-state index contributed by atoms with van der Waals surface area (Å²) in [4.78, 5) is 14.5. The first-order valence-electron chi connectivity index (χ1n) is 5.07. The average molecular weight is 355 g/mol. The van der Waals surface area contributed by atoms with Gasteiger partial charge in [0.2, 0.25) is 0 Å². The number of aromatic nitrogens is 1. The Balaban J connectivity index is 3.07. The normalized spacial score (nSPS) is 13.2. The number of amides is 1. The second-order valence-corrected chi connectivity index (χ2v) is 4.81. The van der Waals surface area contributed by atoms with Crippen molar-refractivity contribution in [2.24, 2.45) is 0 Å². The molecule has 0 saturated heterocycles. The smallest absolute Gasteiger partial charge is 0.305 e. The van der Waals surface area contributed by atoms with Gasteiger partial charge >= 0.3 is 23.7 Å². The van der Waals surface area contributed by atoms with Crippen molar-refractivity contribution in [3.8, 4) is 0 Å². The van der Waals surface area contributed by atoms with Crippen molar-refractivity contribution in [2.75, 3.05) is 5.32 Å². The van der Waals surface area contributed by atoms with Crippen LogP contribution in [-0.2, 0) is 4.79 Å². The van der Waals surface area contributed by atoms with Crippen LogP contribution in [0.15, 0.2) is 12.1 Å². The molecule has 0 saturated carbocycles. The zero-order valence-corrected chi connectivity index (χ0v) is 11.5. The highest BCUT2D eigenvalue weighted by molar-refractivity contribution is 6.34. The summed E-state index contributed by atoms with van der Waals surface area (Å²) < 4.78 is 77.6. The Morgan fingerprint density at radius 2 is 1.67 bits per heavy atom. The molecule has 1 N–H and O–H groups in total. The molecule has 0 unspecified atom stereocenters. The van der Waals surface area contributed by atoms with E-state index in [1.807, 2.05) is 0 Å². The van der Waals surface area contributed by atoms with E-state index in [0.717, 1.165) is 12.1 Å². The van der Waals surface area contributed by atoms with E-state index in [0.29, 0.717) is 0 Å². The molecule has 11 heteroatoms. The molecule has 0 aliphatic heterocycles. The van der Waals surface area contributed by atoms with Crippen molar-refractivity contribution >= 4 is 34.9 Å². The summed E-state index contributed by atoms with van der Waals surface area (Å²) in [6.45, 7) is -0.428. The Bertz CT molecular complexity index is 541. The van der Waals surface area contributed by atoms with Crippen LogP contribution in [0.25, 0.3) is 0 Å². The molecule has 0 bridgehead atoms. The van der Waals surface area contributed by atoms with Gasteiger partial charge in [0, 0.05) is 11.9 Å². The van der Waals surface area contributed by atoms with Gasteiger partial charge in [-0.05, 0) is 12.1 Å². The highest BCUT2D eigenvalue weighted by Crippen LogP contribution is 2.45. The maximum Gasteiger partial charge on any atom is 0.392 e. The quantitative estimate of drug-likeness (QED) is 0.648. The number of halogens is 8. The zero-order valence-electron chi connectivity index (χ0n) is 10.0. The van der Waals surface area contributed by atoms with Crippen LogP contribution in [0.5, 0.6) is 0 Å². The maximum atomic E-state index is 13.2. The van der Waals surface area contributed by atoms with Gasteiger partial charge in [-0.2, -0.15) is 26.3 Å². The summed E-state index contributed by atoms with van der Waals surface area (Å²) in [7, 11) is 0. The summed E-state index contributed by atoms with van der Waals surface area (Å²) in [6, 6.07) is 1.90. The minimum atomic E-state index is -5.90. The van der Waals surface area contributed by atoms with E-state index in [1.54, 1.807) is 0 Å². The molecule has 1 heterocycles. The van der Waals surface area contributed by atoms with Gasteiger partial charge in [0.25, 0.3) is 0 Å². The van der Waals surface area contributed by atoms with E-state index in [-0.39, 0.29) is 10.2 Å². The molecule has 0 aromatic carbocycles. The number of nitrogens with one attached hydrogen (secondary N) is 1. The van der Waals surface area contributed by atoms with Crippen LogP contribution >= 0.6 is 23.2 Å². The van der Waals surface area contributed by atoms with E-state index < -0.39 is 36.4 Å². The van der Waals surface area contributed by atoms with Crippen LogP contribution < -0.4 is 5.32 Å². The van der Waals surface area contributed by atoms with E-state index in [9.17, 15) is 31.1 Å². The Hall–Kier alpha value is -1.22. The van der Waals surface area contributed by atoms with Crippen molar-refractivity contribution in [2.45, 2.75) is 24.7 Å². The third-order valence-electron chi connectivity index (χ3n) is 2.23. The van der Waals surface area contributed by atoms with Crippen molar-refractivity contribution < 1.29 is 31.1 Å². The van der Waals surface area contributed by atoms with Gasteiger partial charge in [-0.15, -0.1) is 0 Å². The van der Waals surface area contributed by atoms with Crippen molar-refractivity contribution in [1.29, 1.82) is 0 Å². The minimum Gasteiger partial charge on any atom is -0.305 e. The van der Waals surface area contributed by atoms with Gasteiger partial charge in [-0.3, -0.25) is 4.79 Å². The Kier molecular flexibility index (Phi) is 4.69. The molecule has 0 aliphatic carbocycles. The number of hydrogen-bond acceptors (Lipinski definition) is 2. The van der Waals surface area contributed by atoms with Crippen molar-refractivity contribution in [3.05, 3.63) is 22.3 Å². The third kappa shape index (κ3) is 3.52. The van der Waals surface area contributed by atoms with Gasteiger partial charge < -0.3 is 5.32 Å². The Morgan fingerprint density at radius 1 is 1.14 bits per heavy atom. The lowest BCUT2D eigenvalue weighted by Crippen LogP contribution is -2.58. The summed E-state index contributed by atoms with van der Waals surface area (Å²) >= 11 is 10.9. The number of anilines is 1. The lowest BCUT2D eigenvalue weighted by atomic mass is 10.1. The number of carbonyl (C=O) groups is 1. The lowest BCUT2D eigenvalue weighted by Gasteiger charge is -2.29. The van der Waals surface area contributed by atoms with Gasteiger partial charge in [0.15, 0.2) is 0 Å². The van der Waals surface area contributed by atoms with E-state index >= 15 is 0 Å². The Labute approximate surface area is 124 Å². The standard InChI is InChI=1S/C10H6Cl2F6N2O/c1-8(13,14)10(17,18)9(15,16)7(21)20-6-3-4(11)2-5(12)19-6/h2-3H,1H3,(H,19,20,21). The number of carbonyl (C=O) groups excluding carboxylic acids is 1. The van der Waals surface area contributed by atoms with Gasteiger partial charge in [0.1, 0.15) is 11.0 Å². The molecule has 1 aromatic heterocycles. The third-order valence-corrected chi connectivity index (χ3v) is 2.64. The number of nitrogens with zero attached hydrogens (tertiary/aromatic N) is 1. The Morgan fingerprint density at radius 3 is 2.10 bits per heavy atom. The molecule has 0 fully saturated rings. The molecule has 1 amide bonds. The molecule has 0 radical (unpaired) electrons. The molecular formula is C10H6Cl2F6N2O. The monoisotopic (exact) mass is 354 g/mol. The first-order valence-corrected chi connectivity index (χ1v) is 5.82. The molecule has 0 atom stereocenters.